The number of hydrogen-bond acceptors (Lipinski definition) is 6. The van der Waals surface area contributed by atoms with Gasteiger partial charge in [0.25, 0.3) is 0 Å². The summed E-state index contributed by atoms with van der Waals surface area (Å²) in [6.45, 7) is 11.1. The lowest BCUT2D eigenvalue weighted by Crippen LogP contribution is -2.54. The van der Waals surface area contributed by atoms with E-state index >= 15 is 0 Å². The van der Waals surface area contributed by atoms with Gasteiger partial charge in [0.1, 0.15) is 11.6 Å². The van der Waals surface area contributed by atoms with E-state index in [-0.39, 0.29) is 11.8 Å². The zero-order valence-corrected chi connectivity index (χ0v) is 19.3. The van der Waals surface area contributed by atoms with Gasteiger partial charge in [0.2, 0.25) is 11.8 Å². The van der Waals surface area contributed by atoms with Crippen molar-refractivity contribution in [2.24, 2.45) is 11.8 Å². The van der Waals surface area contributed by atoms with E-state index in [4.69, 9.17) is 9.84 Å². The number of carbonyl (C=O) groups is 4. The van der Waals surface area contributed by atoms with E-state index in [9.17, 15) is 24.3 Å². The van der Waals surface area contributed by atoms with Crippen molar-refractivity contribution in [3.8, 4) is 0 Å². The maximum absolute atomic E-state index is 13.0. The van der Waals surface area contributed by atoms with E-state index < -0.39 is 47.7 Å². The molecular weight excluding hydrogens is 406 g/mol. The summed E-state index contributed by atoms with van der Waals surface area (Å²) in [5.41, 5.74) is -0.679. The van der Waals surface area contributed by atoms with E-state index in [1.165, 1.54) is 6.92 Å². The number of aliphatic hydroxyl groups is 1. The Balaban J connectivity index is 2.70. The Morgan fingerprint density at radius 2 is 1.61 bits per heavy atom. The predicted molar refractivity (Wildman–Crippen MR) is 113 cm³/mol. The molecule has 31 heavy (non-hydrogen) atoms. The molecule has 10 nitrogen and oxygen atoms in total. The minimum absolute atomic E-state index is 0.167. The van der Waals surface area contributed by atoms with Crippen LogP contribution in [0, 0.1) is 11.8 Å². The number of carboxylic acid groups (broad SMARTS) is 1. The number of aliphatic hydroxyl groups excluding tert-OH is 1. The average Bonchev–Trinajstić information content (AvgIpc) is 2.62. The molecule has 3 unspecified atom stereocenters. The van der Waals surface area contributed by atoms with Gasteiger partial charge in [0.05, 0.1) is 6.10 Å². The quantitative estimate of drug-likeness (QED) is 0.440. The number of alkyl carbamates (subject to hydrolysis) is 1. The summed E-state index contributed by atoms with van der Waals surface area (Å²) in [7, 11) is 0. The summed E-state index contributed by atoms with van der Waals surface area (Å²) >= 11 is 0. The highest BCUT2D eigenvalue weighted by Crippen LogP contribution is 2.20. The molecule has 0 bridgehead atoms. The van der Waals surface area contributed by atoms with Gasteiger partial charge in [0.15, 0.2) is 6.04 Å². The molecule has 0 spiro atoms. The van der Waals surface area contributed by atoms with E-state index in [1.54, 1.807) is 25.7 Å². The number of nitrogens with zero attached hydrogens (tertiary/aromatic N) is 1. The summed E-state index contributed by atoms with van der Waals surface area (Å²) in [6.07, 6.45) is -0.695. The van der Waals surface area contributed by atoms with Gasteiger partial charge in [-0.05, 0) is 52.9 Å². The van der Waals surface area contributed by atoms with Crippen molar-refractivity contribution in [1.82, 2.24) is 15.5 Å². The molecule has 0 radical (unpaired) electrons. The fraction of sp³-hybridized carbons (Fsp3) is 0.810. The Morgan fingerprint density at radius 3 is 2.03 bits per heavy atom. The molecule has 1 saturated heterocycles. The first-order chi connectivity index (χ1) is 14.2. The van der Waals surface area contributed by atoms with Gasteiger partial charge in [-0.2, -0.15) is 0 Å². The number of likely N-dealkylation sites (tertiary alicyclic amines) is 1. The number of hydrogen-bond donors (Lipinski definition) is 4. The number of piperidine rings is 1. The monoisotopic (exact) mass is 443 g/mol. The van der Waals surface area contributed by atoms with Gasteiger partial charge in [-0.1, -0.05) is 13.8 Å². The van der Waals surface area contributed by atoms with Crippen LogP contribution < -0.4 is 10.6 Å². The number of aliphatic carboxylic acids is 1. The molecule has 0 aliphatic carbocycles. The minimum atomic E-state index is -1.37. The first-order valence-corrected chi connectivity index (χ1v) is 10.7. The Labute approximate surface area is 183 Å². The molecule has 3 atom stereocenters. The second-order valence-electron chi connectivity index (χ2n) is 9.49. The standard InChI is InChI=1S/C21H37N3O7/c1-12(2)11-15(22-20(30)31-21(4,5)6)18(27)24-9-7-14(8-10-24)17(26)23-16(13(3)25)19(28)29/h12-16,25H,7-11H2,1-6H3,(H,22,30)(H,23,26)(H,28,29). The Bertz CT molecular complexity index is 650. The molecule has 10 heteroatoms. The lowest BCUT2D eigenvalue weighted by molar-refractivity contribution is -0.146. The molecule has 0 aromatic heterocycles. The largest absolute Gasteiger partial charge is 0.480 e. The first kappa shape index (κ1) is 26.7. The molecule has 0 saturated carbocycles. The van der Waals surface area contributed by atoms with Gasteiger partial charge >= 0.3 is 12.1 Å². The van der Waals surface area contributed by atoms with Gasteiger partial charge < -0.3 is 30.5 Å². The molecule has 3 amide bonds. The third-order valence-electron chi connectivity index (χ3n) is 4.92. The highest BCUT2D eigenvalue weighted by atomic mass is 16.6. The number of nitrogens with one attached hydrogen (secondary N) is 2. The summed E-state index contributed by atoms with van der Waals surface area (Å²) in [4.78, 5) is 50.3. The molecule has 4 N–H and O–H groups in total. The Morgan fingerprint density at radius 1 is 1.06 bits per heavy atom. The second kappa shape index (κ2) is 11.3. The summed E-state index contributed by atoms with van der Waals surface area (Å²) in [5, 5.41) is 23.7. The fourth-order valence-electron chi connectivity index (χ4n) is 3.38. The van der Waals surface area contributed by atoms with Crippen LogP contribution in [-0.2, 0) is 19.1 Å². The average molecular weight is 444 g/mol. The van der Waals surface area contributed by atoms with Crippen LogP contribution in [0.25, 0.3) is 0 Å². The van der Waals surface area contributed by atoms with Crippen molar-refractivity contribution < 1.29 is 34.1 Å². The first-order valence-electron chi connectivity index (χ1n) is 10.7. The summed E-state index contributed by atoms with van der Waals surface area (Å²) < 4.78 is 5.27. The van der Waals surface area contributed by atoms with E-state index in [0.29, 0.717) is 32.4 Å². The second-order valence-corrected chi connectivity index (χ2v) is 9.49. The topological polar surface area (TPSA) is 145 Å². The number of carboxylic acids is 1. The molecule has 1 aliphatic rings. The maximum Gasteiger partial charge on any atom is 0.408 e. The van der Waals surface area contributed by atoms with Gasteiger partial charge in [-0.25, -0.2) is 9.59 Å². The van der Waals surface area contributed by atoms with Crippen LogP contribution in [0.15, 0.2) is 0 Å². The molecule has 1 aliphatic heterocycles. The smallest absolute Gasteiger partial charge is 0.408 e. The lowest BCUT2D eigenvalue weighted by Gasteiger charge is -2.35. The third-order valence-corrected chi connectivity index (χ3v) is 4.92. The van der Waals surface area contributed by atoms with Crippen LogP contribution in [0.1, 0.15) is 60.8 Å². The van der Waals surface area contributed by atoms with Crippen LogP contribution in [0.2, 0.25) is 0 Å². The Kier molecular flexibility index (Phi) is 9.73. The van der Waals surface area contributed by atoms with Gasteiger partial charge in [0, 0.05) is 19.0 Å². The lowest BCUT2D eigenvalue weighted by atomic mass is 9.94. The molecule has 0 aromatic carbocycles. The maximum atomic E-state index is 13.0. The molecule has 178 valence electrons. The molecule has 1 fully saturated rings. The van der Waals surface area contributed by atoms with Crippen LogP contribution in [0.3, 0.4) is 0 Å². The van der Waals surface area contributed by atoms with Crippen molar-refractivity contribution in [3.63, 3.8) is 0 Å². The zero-order valence-electron chi connectivity index (χ0n) is 19.3. The van der Waals surface area contributed by atoms with Crippen LogP contribution in [0.4, 0.5) is 4.79 Å². The molecule has 0 aromatic rings. The van der Waals surface area contributed by atoms with E-state index in [1.807, 2.05) is 13.8 Å². The summed E-state index contributed by atoms with van der Waals surface area (Å²) in [6, 6.07) is -2.10. The van der Waals surface area contributed by atoms with Crippen molar-refractivity contribution >= 4 is 23.9 Å². The van der Waals surface area contributed by atoms with Crippen LogP contribution >= 0.6 is 0 Å². The molecular formula is C21H37N3O7. The van der Waals surface area contributed by atoms with Crippen LogP contribution in [-0.4, -0.2) is 75.9 Å². The minimum Gasteiger partial charge on any atom is -0.480 e. The molecule has 1 rings (SSSR count). The number of amides is 3. The fourth-order valence-corrected chi connectivity index (χ4v) is 3.38. The van der Waals surface area contributed by atoms with Crippen molar-refractivity contribution in [2.45, 2.75) is 84.6 Å². The highest BCUT2D eigenvalue weighted by Gasteiger charge is 2.34. The number of rotatable bonds is 8. The predicted octanol–water partition coefficient (Wildman–Crippen LogP) is 1.11. The SMILES string of the molecule is CC(C)CC(NC(=O)OC(C)(C)C)C(=O)N1CCC(C(=O)NC(C(=O)O)C(C)O)CC1. The van der Waals surface area contributed by atoms with Gasteiger partial charge in [-0.3, -0.25) is 9.59 Å². The van der Waals surface area contributed by atoms with Crippen molar-refractivity contribution in [3.05, 3.63) is 0 Å². The zero-order chi connectivity index (χ0) is 23.9. The summed E-state index contributed by atoms with van der Waals surface area (Å²) in [5.74, 6) is -2.27. The van der Waals surface area contributed by atoms with Crippen LogP contribution in [0.5, 0.6) is 0 Å². The van der Waals surface area contributed by atoms with Crippen molar-refractivity contribution in [2.75, 3.05) is 13.1 Å². The molecule has 1 heterocycles. The van der Waals surface area contributed by atoms with Gasteiger partial charge in [-0.15, -0.1) is 0 Å². The van der Waals surface area contributed by atoms with Crippen molar-refractivity contribution in [1.29, 1.82) is 0 Å². The normalized spacial score (nSPS) is 18.1. The van der Waals surface area contributed by atoms with E-state index in [0.717, 1.165) is 0 Å². The number of ether oxygens (including phenoxy) is 1. The number of carbonyl (C=O) groups excluding carboxylic acids is 3. The Hall–Kier alpha value is -2.36. The third kappa shape index (κ3) is 9.12. The van der Waals surface area contributed by atoms with E-state index in [2.05, 4.69) is 10.6 Å². The highest BCUT2D eigenvalue weighted by molar-refractivity contribution is 5.87.